The van der Waals surface area contributed by atoms with Crippen LogP contribution in [0.1, 0.15) is 31.7 Å². The zero-order valence-electron chi connectivity index (χ0n) is 12.5. The fourth-order valence-corrected chi connectivity index (χ4v) is 2.97. The third-order valence-electron chi connectivity index (χ3n) is 3.59. The number of carbonyl (C=O) groups excluding carboxylic acids is 1. The average molecular weight is 355 g/mol. The van der Waals surface area contributed by atoms with E-state index < -0.39 is 0 Å². The third kappa shape index (κ3) is 4.71. The molecule has 5 heteroatoms. The summed E-state index contributed by atoms with van der Waals surface area (Å²) in [4.78, 5) is 14.0. The highest BCUT2D eigenvalue weighted by Crippen LogP contribution is 2.29. The van der Waals surface area contributed by atoms with Crippen LogP contribution in [0.4, 0.5) is 0 Å². The summed E-state index contributed by atoms with van der Waals surface area (Å²) in [5, 5.41) is 3.37. The largest absolute Gasteiger partial charge is 0.482 e. The van der Waals surface area contributed by atoms with Crippen LogP contribution in [0.3, 0.4) is 0 Å². The van der Waals surface area contributed by atoms with Gasteiger partial charge in [0.25, 0.3) is 5.91 Å². The number of para-hydroxylation sites is 1. The number of hydrogen-bond donors (Lipinski definition) is 1. The number of hydrogen-bond acceptors (Lipinski definition) is 3. The number of ether oxygens (including phenoxy) is 1. The van der Waals surface area contributed by atoms with Crippen molar-refractivity contribution in [1.82, 2.24) is 10.2 Å². The van der Waals surface area contributed by atoms with Gasteiger partial charge in [0.05, 0.1) is 4.47 Å². The topological polar surface area (TPSA) is 41.6 Å². The Bertz CT molecular complexity index is 473. The third-order valence-corrected chi connectivity index (χ3v) is 4.21. The Kier molecular flexibility index (Phi) is 6.51. The van der Waals surface area contributed by atoms with Gasteiger partial charge >= 0.3 is 0 Å². The Morgan fingerprint density at radius 3 is 2.86 bits per heavy atom. The maximum atomic E-state index is 12.1. The van der Waals surface area contributed by atoms with E-state index in [1.54, 1.807) is 0 Å². The van der Waals surface area contributed by atoms with Crippen molar-refractivity contribution in [3.63, 3.8) is 0 Å². The Morgan fingerprint density at radius 2 is 2.14 bits per heavy atom. The first-order chi connectivity index (χ1) is 10.2. The van der Waals surface area contributed by atoms with Gasteiger partial charge in [-0.3, -0.25) is 4.79 Å². The van der Waals surface area contributed by atoms with Crippen molar-refractivity contribution in [2.75, 3.05) is 26.2 Å². The smallest absolute Gasteiger partial charge is 0.260 e. The first-order valence-corrected chi connectivity index (χ1v) is 8.40. The molecule has 0 spiro atoms. The standard InChI is InChI=1S/C16H23BrN2O2/c1-2-8-18-11-13-6-5-7-14(17)16(13)21-12-15(20)19-9-3-4-10-19/h5-7,18H,2-4,8-12H2,1H3. The molecule has 1 heterocycles. The van der Waals surface area contributed by atoms with Gasteiger partial charge in [0.15, 0.2) is 6.61 Å². The molecule has 1 fully saturated rings. The van der Waals surface area contributed by atoms with Gasteiger partial charge in [-0.2, -0.15) is 0 Å². The molecule has 0 saturated carbocycles. The lowest BCUT2D eigenvalue weighted by Crippen LogP contribution is -2.32. The van der Waals surface area contributed by atoms with Crippen molar-refractivity contribution in [3.8, 4) is 5.75 Å². The van der Waals surface area contributed by atoms with Crippen LogP contribution in [0.15, 0.2) is 22.7 Å². The molecule has 1 aromatic carbocycles. The molecule has 1 aromatic rings. The maximum Gasteiger partial charge on any atom is 0.260 e. The van der Waals surface area contributed by atoms with Crippen molar-refractivity contribution in [2.45, 2.75) is 32.7 Å². The van der Waals surface area contributed by atoms with Gasteiger partial charge in [0, 0.05) is 25.2 Å². The molecule has 0 aromatic heterocycles. The summed E-state index contributed by atoms with van der Waals surface area (Å²) in [5.41, 5.74) is 1.08. The number of nitrogens with one attached hydrogen (secondary N) is 1. The summed E-state index contributed by atoms with van der Waals surface area (Å²) >= 11 is 3.51. The maximum absolute atomic E-state index is 12.1. The predicted molar refractivity (Wildman–Crippen MR) is 87.4 cm³/mol. The minimum absolute atomic E-state index is 0.0794. The molecule has 1 amide bonds. The molecule has 0 aliphatic carbocycles. The number of nitrogens with zero attached hydrogens (tertiary/aromatic N) is 1. The van der Waals surface area contributed by atoms with E-state index >= 15 is 0 Å². The molecule has 2 rings (SSSR count). The highest BCUT2D eigenvalue weighted by molar-refractivity contribution is 9.10. The molecule has 1 aliphatic rings. The van der Waals surface area contributed by atoms with Crippen LogP contribution < -0.4 is 10.1 Å². The van der Waals surface area contributed by atoms with Gasteiger partial charge in [0.1, 0.15) is 5.75 Å². The second-order valence-electron chi connectivity index (χ2n) is 5.28. The van der Waals surface area contributed by atoms with E-state index in [4.69, 9.17) is 4.74 Å². The average Bonchev–Trinajstić information content (AvgIpc) is 3.01. The summed E-state index contributed by atoms with van der Waals surface area (Å²) in [7, 11) is 0. The number of likely N-dealkylation sites (tertiary alicyclic amines) is 1. The second kappa shape index (κ2) is 8.39. The summed E-state index contributed by atoms with van der Waals surface area (Å²) in [5.74, 6) is 0.851. The van der Waals surface area contributed by atoms with Gasteiger partial charge in [-0.05, 0) is 47.8 Å². The van der Waals surface area contributed by atoms with E-state index in [9.17, 15) is 4.79 Å². The SMILES string of the molecule is CCCNCc1cccc(Br)c1OCC(=O)N1CCCC1. The van der Waals surface area contributed by atoms with Crippen LogP contribution in [0, 0.1) is 0 Å². The summed E-state index contributed by atoms with van der Waals surface area (Å²) in [6, 6.07) is 5.96. The fraction of sp³-hybridized carbons (Fsp3) is 0.562. The predicted octanol–water partition coefficient (Wildman–Crippen LogP) is 2.95. The molecule has 0 atom stereocenters. The lowest BCUT2D eigenvalue weighted by molar-refractivity contribution is -0.132. The van der Waals surface area contributed by atoms with E-state index in [0.717, 1.165) is 61.2 Å². The second-order valence-corrected chi connectivity index (χ2v) is 6.14. The minimum Gasteiger partial charge on any atom is -0.482 e. The lowest BCUT2D eigenvalue weighted by Gasteiger charge is -2.18. The van der Waals surface area contributed by atoms with Gasteiger partial charge in [-0.1, -0.05) is 19.1 Å². The monoisotopic (exact) mass is 354 g/mol. The molecule has 1 N–H and O–H groups in total. The van der Waals surface area contributed by atoms with E-state index in [1.807, 2.05) is 23.1 Å². The summed E-state index contributed by atoms with van der Waals surface area (Å²) in [6.45, 7) is 5.70. The van der Waals surface area contributed by atoms with Crippen molar-refractivity contribution in [3.05, 3.63) is 28.2 Å². The summed E-state index contributed by atoms with van der Waals surface area (Å²) in [6.07, 6.45) is 3.30. The normalized spacial score (nSPS) is 14.5. The Labute approximate surface area is 135 Å². The number of halogens is 1. The molecule has 21 heavy (non-hydrogen) atoms. The highest BCUT2D eigenvalue weighted by Gasteiger charge is 2.19. The highest BCUT2D eigenvalue weighted by atomic mass is 79.9. The number of amides is 1. The number of rotatable bonds is 7. The van der Waals surface area contributed by atoms with Crippen LogP contribution >= 0.6 is 15.9 Å². The van der Waals surface area contributed by atoms with Crippen LogP contribution in [0.25, 0.3) is 0 Å². The van der Waals surface area contributed by atoms with Gasteiger partial charge < -0.3 is 15.0 Å². The molecular weight excluding hydrogens is 332 g/mol. The van der Waals surface area contributed by atoms with Gasteiger partial charge in [-0.25, -0.2) is 0 Å². The molecule has 1 aliphatic heterocycles. The van der Waals surface area contributed by atoms with Gasteiger partial charge in [-0.15, -0.1) is 0 Å². The molecule has 1 saturated heterocycles. The first kappa shape index (κ1) is 16.3. The molecule has 0 bridgehead atoms. The fourth-order valence-electron chi connectivity index (χ4n) is 2.45. The number of benzene rings is 1. The molecule has 0 unspecified atom stereocenters. The van der Waals surface area contributed by atoms with Crippen LogP contribution in [0.2, 0.25) is 0 Å². The van der Waals surface area contributed by atoms with Crippen molar-refractivity contribution in [2.24, 2.45) is 0 Å². The van der Waals surface area contributed by atoms with Crippen molar-refractivity contribution in [1.29, 1.82) is 0 Å². The molecule has 116 valence electrons. The first-order valence-electron chi connectivity index (χ1n) is 7.61. The summed E-state index contributed by atoms with van der Waals surface area (Å²) < 4.78 is 6.69. The van der Waals surface area contributed by atoms with Crippen LogP contribution in [-0.4, -0.2) is 37.0 Å². The van der Waals surface area contributed by atoms with Crippen LogP contribution in [-0.2, 0) is 11.3 Å². The zero-order valence-corrected chi connectivity index (χ0v) is 14.1. The van der Waals surface area contributed by atoms with Gasteiger partial charge in [0.2, 0.25) is 0 Å². The number of carbonyl (C=O) groups is 1. The van der Waals surface area contributed by atoms with E-state index in [2.05, 4.69) is 28.2 Å². The van der Waals surface area contributed by atoms with Crippen molar-refractivity contribution >= 4 is 21.8 Å². The van der Waals surface area contributed by atoms with E-state index in [0.29, 0.717) is 0 Å². The van der Waals surface area contributed by atoms with Crippen LogP contribution in [0.5, 0.6) is 5.75 Å². The minimum atomic E-state index is 0.0794. The van der Waals surface area contributed by atoms with Crippen molar-refractivity contribution < 1.29 is 9.53 Å². The molecule has 4 nitrogen and oxygen atoms in total. The van der Waals surface area contributed by atoms with E-state index in [-0.39, 0.29) is 12.5 Å². The zero-order chi connectivity index (χ0) is 15.1. The quantitative estimate of drug-likeness (QED) is 0.765. The lowest BCUT2D eigenvalue weighted by atomic mass is 10.2. The molecule has 0 radical (unpaired) electrons. The Hall–Kier alpha value is -1.07. The Morgan fingerprint density at radius 1 is 1.38 bits per heavy atom. The Balaban J connectivity index is 1.95. The van der Waals surface area contributed by atoms with E-state index in [1.165, 1.54) is 0 Å². The molecular formula is C16H23BrN2O2.